The molecule has 2 N–H and O–H groups in total. The van der Waals surface area contributed by atoms with Gasteiger partial charge in [-0.05, 0) is 24.6 Å². The number of aromatic nitrogens is 2. The van der Waals surface area contributed by atoms with Crippen molar-refractivity contribution in [1.29, 1.82) is 0 Å². The van der Waals surface area contributed by atoms with E-state index < -0.39 is 6.10 Å². The third-order valence-corrected chi connectivity index (χ3v) is 1.66. The fourth-order valence-corrected chi connectivity index (χ4v) is 0.889. The lowest BCUT2D eigenvalue weighted by Crippen LogP contribution is -1.88. The van der Waals surface area contributed by atoms with Crippen LogP contribution >= 0.6 is 0 Å². The van der Waals surface area contributed by atoms with Crippen LogP contribution in [0.25, 0.3) is 0 Å². The summed E-state index contributed by atoms with van der Waals surface area (Å²) < 4.78 is 4.08. The molecule has 0 bridgehead atoms. The van der Waals surface area contributed by atoms with Crippen molar-refractivity contribution in [2.24, 2.45) is 0 Å². The molecule has 1 aromatic heterocycles. The number of nitrogens with zero attached hydrogens (tertiary/aromatic N) is 2. The predicted molar refractivity (Wildman–Crippen MR) is 53.0 cm³/mol. The Morgan fingerprint density at radius 3 is 2.00 bits per heavy atom. The number of hydrogen-bond donors (Lipinski definition) is 2. The van der Waals surface area contributed by atoms with Gasteiger partial charge in [-0.25, -0.2) is 4.63 Å². The van der Waals surface area contributed by atoms with Crippen molar-refractivity contribution in [3.8, 4) is 5.75 Å². The maximum Gasteiger partial charge on any atom is 0.115 e. The molecule has 2 rings (SSSR count). The summed E-state index contributed by atoms with van der Waals surface area (Å²) in [4.78, 5) is 0. The van der Waals surface area contributed by atoms with E-state index in [2.05, 4.69) is 14.9 Å². The highest BCUT2D eigenvalue weighted by molar-refractivity contribution is 5.26. The minimum Gasteiger partial charge on any atom is -0.508 e. The standard InChI is InChI=1S/C8H10O2.C2H2N2O/c1-6(9)7-2-4-8(10)5-3-7;1-2-4-5-3-1/h2-6,9-10H,1H3;1-2H. The number of aromatic hydroxyl groups is 1. The Morgan fingerprint density at radius 1 is 1.13 bits per heavy atom. The summed E-state index contributed by atoms with van der Waals surface area (Å²) in [7, 11) is 0. The minimum absolute atomic E-state index is 0.226. The Bertz CT molecular complexity index is 339. The first-order chi connectivity index (χ1) is 7.20. The molecule has 1 unspecified atom stereocenters. The van der Waals surface area contributed by atoms with Crippen LogP contribution in [0.3, 0.4) is 0 Å². The van der Waals surface area contributed by atoms with Gasteiger partial charge in [-0.2, -0.15) is 0 Å². The number of aliphatic hydroxyl groups excluding tert-OH is 1. The van der Waals surface area contributed by atoms with Gasteiger partial charge in [0.1, 0.15) is 5.75 Å². The maximum atomic E-state index is 9.03. The van der Waals surface area contributed by atoms with E-state index in [9.17, 15) is 0 Å². The number of aliphatic hydroxyl groups is 1. The van der Waals surface area contributed by atoms with Crippen LogP contribution < -0.4 is 0 Å². The number of phenolic OH excluding ortho intramolecular Hbond substituents is 1. The van der Waals surface area contributed by atoms with Gasteiger partial charge >= 0.3 is 0 Å². The third kappa shape index (κ3) is 4.24. The molecule has 0 aliphatic carbocycles. The van der Waals surface area contributed by atoms with Crippen molar-refractivity contribution in [3.63, 3.8) is 0 Å². The van der Waals surface area contributed by atoms with Crippen molar-refractivity contribution in [1.82, 2.24) is 10.3 Å². The molecule has 0 radical (unpaired) electrons. The molecular weight excluding hydrogens is 196 g/mol. The molecule has 0 aliphatic rings. The molecule has 1 heterocycles. The van der Waals surface area contributed by atoms with Crippen LogP contribution in [0.5, 0.6) is 5.75 Å². The van der Waals surface area contributed by atoms with Crippen LogP contribution in [0, 0.1) is 0 Å². The van der Waals surface area contributed by atoms with Gasteiger partial charge in [0, 0.05) is 0 Å². The third-order valence-electron chi connectivity index (χ3n) is 1.66. The van der Waals surface area contributed by atoms with Gasteiger partial charge in [-0.3, -0.25) is 0 Å². The van der Waals surface area contributed by atoms with Gasteiger partial charge in [0.15, 0.2) is 0 Å². The first-order valence-corrected chi connectivity index (χ1v) is 4.38. The first-order valence-electron chi connectivity index (χ1n) is 4.38. The Hall–Kier alpha value is -1.88. The van der Waals surface area contributed by atoms with Crippen molar-refractivity contribution in [2.75, 3.05) is 0 Å². The Balaban J connectivity index is 0.000000187. The summed E-state index contributed by atoms with van der Waals surface area (Å²) in [6, 6.07) is 6.50. The first kappa shape index (κ1) is 11.2. The second-order valence-electron chi connectivity index (χ2n) is 2.86. The quantitative estimate of drug-likeness (QED) is 0.742. The second-order valence-corrected chi connectivity index (χ2v) is 2.86. The van der Waals surface area contributed by atoms with Crippen molar-refractivity contribution >= 4 is 0 Å². The smallest absolute Gasteiger partial charge is 0.115 e. The van der Waals surface area contributed by atoms with Crippen LogP contribution in [-0.2, 0) is 0 Å². The summed E-state index contributed by atoms with van der Waals surface area (Å²) in [5.74, 6) is 0.226. The van der Waals surface area contributed by atoms with Gasteiger partial charge in [-0.1, -0.05) is 22.4 Å². The van der Waals surface area contributed by atoms with Crippen LogP contribution in [-0.4, -0.2) is 20.5 Å². The van der Waals surface area contributed by atoms with E-state index in [4.69, 9.17) is 10.2 Å². The van der Waals surface area contributed by atoms with Gasteiger partial charge < -0.3 is 10.2 Å². The number of rotatable bonds is 1. The molecule has 15 heavy (non-hydrogen) atoms. The van der Waals surface area contributed by atoms with E-state index in [1.165, 1.54) is 12.4 Å². The van der Waals surface area contributed by atoms with Gasteiger partial charge in [0.25, 0.3) is 0 Å². The highest BCUT2D eigenvalue weighted by Crippen LogP contribution is 2.15. The van der Waals surface area contributed by atoms with Crippen LogP contribution in [0.1, 0.15) is 18.6 Å². The highest BCUT2D eigenvalue weighted by atomic mass is 16.6. The van der Waals surface area contributed by atoms with Crippen LogP contribution in [0.2, 0.25) is 0 Å². The lowest BCUT2D eigenvalue weighted by Gasteiger charge is -2.02. The molecule has 0 saturated heterocycles. The van der Waals surface area contributed by atoms with Crippen LogP contribution in [0.4, 0.5) is 0 Å². The van der Waals surface area contributed by atoms with E-state index in [-0.39, 0.29) is 5.75 Å². The normalized spacial score (nSPS) is 11.3. The summed E-state index contributed by atoms with van der Waals surface area (Å²) in [6.45, 7) is 1.69. The molecule has 0 amide bonds. The summed E-state index contributed by atoms with van der Waals surface area (Å²) >= 11 is 0. The van der Waals surface area contributed by atoms with E-state index in [1.807, 2.05) is 0 Å². The lowest BCUT2D eigenvalue weighted by molar-refractivity contribution is 0.199. The Morgan fingerprint density at radius 2 is 1.67 bits per heavy atom. The summed E-state index contributed by atoms with van der Waals surface area (Å²) in [6.07, 6.45) is 2.49. The second kappa shape index (κ2) is 5.77. The van der Waals surface area contributed by atoms with Crippen molar-refractivity contribution in [3.05, 3.63) is 42.2 Å². The number of hydrogen-bond acceptors (Lipinski definition) is 5. The molecule has 5 nitrogen and oxygen atoms in total. The van der Waals surface area contributed by atoms with Gasteiger partial charge in [0.2, 0.25) is 0 Å². The molecule has 80 valence electrons. The largest absolute Gasteiger partial charge is 0.508 e. The molecule has 0 fully saturated rings. The Kier molecular flexibility index (Phi) is 4.30. The zero-order chi connectivity index (χ0) is 11.1. The summed E-state index contributed by atoms with van der Waals surface area (Å²) in [5.41, 5.74) is 0.817. The van der Waals surface area contributed by atoms with Crippen LogP contribution in [0.15, 0.2) is 41.3 Å². The average molecular weight is 208 g/mol. The van der Waals surface area contributed by atoms with Crippen molar-refractivity contribution < 1.29 is 14.8 Å². The number of benzene rings is 1. The molecular formula is C10H12N2O3. The monoisotopic (exact) mass is 208 g/mol. The van der Waals surface area contributed by atoms with Gasteiger partial charge in [0.05, 0.1) is 18.5 Å². The van der Waals surface area contributed by atoms with Crippen molar-refractivity contribution in [2.45, 2.75) is 13.0 Å². The zero-order valence-electron chi connectivity index (χ0n) is 8.24. The fraction of sp³-hybridized carbons (Fsp3) is 0.200. The predicted octanol–water partition coefficient (Wildman–Crippen LogP) is 1.52. The zero-order valence-corrected chi connectivity index (χ0v) is 8.24. The minimum atomic E-state index is -0.458. The van der Waals surface area contributed by atoms with E-state index in [0.29, 0.717) is 0 Å². The molecule has 0 aliphatic heterocycles. The van der Waals surface area contributed by atoms with E-state index in [1.54, 1.807) is 31.2 Å². The molecule has 0 saturated carbocycles. The van der Waals surface area contributed by atoms with E-state index in [0.717, 1.165) is 5.56 Å². The Labute approximate surface area is 86.9 Å². The highest BCUT2D eigenvalue weighted by Gasteiger charge is 1.97. The summed E-state index contributed by atoms with van der Waals surface area (Å²) in [5, 5.41) is 24.4. The SMILES string of the molecule is CC(O)c1ccc(O)cc1.c1cnon1. The van der Waals surface area contributed by atoms with Gasteiger partial charge in [-0.15, -0.1) is 0 Å². The molecule has 0 spiro atoms. The molecule has 2 aromatic rings. The fourth-order valence-electron chi connectivity index (χ4n) is 0.889. The lowest BCUT2D eigenvalue weighted by atomic mass is 10.1. The number of phenols is 1. The average Bonchev–Trinajstić information content (AvgIpc) is 2.76. The topological polar surface area (TPSA) is 79.4 Å². The molecule has 5 heteroatoms. The molecule has 1 aromatic carbocycles. The maximum absolute atomic E-state index is 9.03. The van der Waals surface area contributed by atoms with E-state index >= 15 is 0 Å². The molecule has 1 atom stereocenters.